The molecule has 0 spiro atoms. The molecule has 0 bridgehead atoms. The Balaban J connectivity index is 2.23. The van der Waals surface area contributed by atoms with Gasteiger partial charge in [0.25, 0.3) is 0 Å². The standard InChI is InChI=1S/C17H28O3/c1-3-5-6-7-13-19-14-17(18)15-8-10-16(11-9-15)20-12-4-2/h8-11,17-18H,3-7,12-14H2,1-2H3. The Labute approximate surface area is 122 Å². The van der Waals surface area contributed by atoms with Crippen LogP contribution in [0.4, 0.5) is 0 Å². The molecular formula is C17H28O3. The number of unbranched alkanes of at least 4 members (excludes halogenated alkanes) is 3. The highest BCUT2D eigenvalue weighted by Crippen LogP contribution is 2.18. The summed E-state index contributed by atoms with van der Waals surface area (Å²) >= 11 is 0. The first kappa shape index (κ1) is 17.0. The van der Waals surface area contributed by atoms with Crippen molar-refractivity contribution in [3.63, 3.8) is 0 Å². The molecule has 114 valence electrons. The molecule has 1 N–H and O–H groups in total. The zero-order chi connectivity index (χ0) is 14.6. The fraction of sp³-hybridized carbons (Fsp3) is 0.647. The number of aliphatic hydroxyl groups excluding tert-OH is 1. The third-order valence-corrected chi connectivity index (χ3v) is 3.16. The van der Waals surface area contributed by atoms with Gasteiger partial charge in [-0.05, 0) is 30.5 Å². The van der Waals surface area contributed by atoms with Crippen molar-refractivity contribution >= 4 is 0 Å². The summed E-state index contributed by atoms with van der Waals surface area (Å²) in [5, 5.41) is 10.0. The van der Waals surface area contributed by atoms with E-state index in [9.17, 15) is 5.11 Å². The molecule has 0 aliphatic carbocycles. The highest BCUT2D eigenvalue weighted by atomic mass is 16.5. The van der Waals surface area contributed by atoms with E-state index >= 15 is 0 Å². The van der Waals surface area contributed by atoms with Gasteiger partial charge in [0.1, 0.15) is 11.9 Å². The average molecular weight is 280 g/mol. The predicted molar refractivity (Wildman–Crippen MR) is 82.1 cm³/mol. The van der Waals surface area contributed by atoms with Crippen LogP contribution in [0.2, 0.25) is 0 Å². The number of aliphatic hydroxyl groups is 1. The molecule has 3 heteroatoms. The normalized spacial score (nSPS) is 12.3. The summed E-state index contributed by atoms with van der Waals surface area (Å²) in [6.45, 7) is 6.09. The van der Waals surface area contributed by atoms with Crippen molar-refractivity contribution in [1.29, 1.82) is 0 Å². The lowest BCUT2D eigenvalue weighted by molar-refractivity contribution is 0.0344. The second kappa shape index (κ2) is 10.7. The summed E-state index contributed by atoms with van der Waals surface area (Å²) < 4.78 is 11.0. The number of hydrogen-bond donors (Lipinski definition) is 1. The highest BCUT2D eigenvalue weighted by Gasteiger charge is 2.07. The lowest BCUT2D eigenvalue weighted by Crippen LogP contribution is -2.08. The lowest BCUT2D eigenvalue weighted by atomic mass is 10.1. The molecule has 0 radical (unpaired) electrons. The molecule has 0 aromatic heterocycles. The quantitative estimate of drug-likeness (QED) is 0.620. The first-order valence-electron chi connectivity index (χ1n) is 7.76. The van der Waals surface area contributed by atoms with Crippen molar-refractivity contribution < 1.29 is 14.6 Å². The van der Waals surface area contributed by atoms with Crippen molar-refractivity contribution in [3.05, 3.63) is 29.8 Å². The minimum atomic E-state index is -0.554. The summed E-state index contributed by atoms with van der Waals surface area (Å²) in [4.78, 5) is 0. The molecule has 1 unspecified atom stereocenters. The van der Waals surface area contributed by atoms with Crippen LogP contribution in [0, 0.1) is 0 Å². The molecule has 1 rings (SSSR count). The van der Waals surface area contributed by atoms with E-state index in [-0.39, 0.29) is 0 Å². The predicted octanol–water partition coefficient (Wildman–Crippen LogP) is 4.11. The molecule has 0 amide bonds. The van der Waals surface area contributed by atoms with Crippen LogP contribution >= 0.6 is 0 Å². The fourth-order valence-electron chi connectivity index (χ4n) is 1.93. The molecule has 0 saturated carbocycles. The first-order chi connectivity index (χ1) is 9.77. The summed E-state index contributed by atoms with van der Waals surface area (Å²) in [7, 11) is 0. The monoisotopic (exact) mass is 280 g/mol. The largest absolute Gasteiger partial charge is 0.494 e. The number of rotatable bonds is 11. The number of ether oxygens (including phenoxy) is 2. The Morgan fingerprint density at radius 1 is 0.950 bits per heavy atom. The van der Waals surface area contributed by atoms with Gasteiger partial charge in [-0.25, -0.2) is 0 Å². The fourth-order valence-corrected chi connectivity index (χ4v) is 1.93. The molecule has 20 heavy (non-hydrogen) atoms. The summed E-state index contributed by atoms with van der Waals surface area (Å²) in [6, 6.07) is 7.59. The molecule has 1 aromatic rings. The summed E-state index contributed by atoms with van der Waals surface area (Å²) in [5.74, 6) is 0.850. The van der Waals surface area contributed by atoms with Crippen LogP contribution in [0.5, 0.6) is 5.75 Å². The van der Waals surface area contributed by atoms with Gasteiger partial charge in [-0.15, -0.1) is 0 Å². The SMILES string of the molecule is CCCCCCOCC(O)c1ccc(OCCC)cc1. The van der Waals surface area contributed by atoms with Crippen LogP contribution in [0.25, 0.3) is 0 Å². The molecule has 0 fully saturated rings. The van der Waals surface area contributed by atoms with Gasteiger partial charge < -0.3 is 14.6 Å². The minimum absolute atomic E-state index is 0.362. The molecule has 0 heterocycles. The van der Waals surface area contributed by atoms with Gasteiger partial charge in [0.15, 0.2) is 0 Å². The lowest BCUT2D eigenvalue weighted by Gasteiger charge is -2.12. The third kappa shape index (κ3) is 6.92. The van der Waals surface area contributed by atoms with E-state index in [1.54, 1.807) is 0 Å². The first-order valence-corrected chi connectivity index (χ1v) is 7.76. The highest BCUT2D eigenvalue weighted by molar-refractivity contribution is 5.28. The van der Waals surface area contributed by atoms with Crippen LogP contribution in [0.1, 0.15) is 57.6 Å². The van der Waals surface area contributed by atoms with Crippen molar-refractivity contribution in [3.8, 4) is 5.75 Å². The second-order valence-corrected chi connectivity index (χ2v) is 5.07. The van der Waals surface area contributed by atoms with Crippen LogP contribution in [-0.4, -0.2) is 24.9 Å². The number of hydrogen-bond acceptors (Lipinski definition) is 3. The maximum Gasteiger partial charge on any atom is 0.119 e. The van der Waals surface area contributed by atoms with Crippen molar-refractivity contribution in [2.45, 2.75) is 52.1 Å². The van der Waals surface area contributed by atoms with E-state index in [0.717, 1.165) is 37.4 Å². The van der Waals surface area contributed by atoms with Gasteiger partial charge >= 0.3 is 0 Å². The Hall–Kier alpha value is -1.06. The Kier molecular flexibility index (Phi) is 9.09. The van der Waals surface area contributed by atoms with Crippen LogP contribution in [-0.2, 0) is 4.74 Å². The molecule has 0 aliphatic heterocycles. The molecule has 3 nitrogen and oxygen atoms in total. The topological polar surface area (TPSA) is 38.7 Å². The smallest absolute Gasteiger partial charge is 0.119 e. The van der Waals surface area contributed by atoms with Crippen LogP contribution in [0.15, 0.2) is 24.3 Å². The maximum absolute atomic E-state index is 10.0. The van der Waals surface area contributed by atoms with Crippen molar-refractivity contribution in [2.75, 3.05) is 19.8 Å². The van der Waals surface area contributed by atoms with Gasteiger partial charge in [-0.2, -0.15) is 0 Å². The van der Waals surface area contributed by atoms with E-state index in [1.165, 1.54) is 19.3 Å². The van der Waals surface area contributed by atoms with Crippen molar-refractivity contribution in [1.82, 2.24) is 0 Å². The van der Waals surface area contributed by atoms with E-state index in [1.807, 2.05) is 24.3 Å². The van der Waals surface area contributed by atoms with Gasteiger partial charge in [0.2, 0.25) is 0 Å². The van der Waals surface area contributed by atoms with E-state index in [4.69, 9.17) is 9.47 Å². The van der Waals surface area contributed by atoms with E-state index in [2.05, 4.69) is 13.8 Å². The zero-order valence-electron chi connectivity index (χ0n) is 12.8. The molecule has 0 aliphatic rings. The molecule has 1 aromatic carbocycles. The number of benzene rings is 1. The van der Waals surface area contributed by atoms with Gasteiger partial charge in [0, 0.05) is 6.61 Å². The molecular weight excluding hydrogens is 252 g/mol. The minimum Gasteiger partial charge on any atom is -0.494 e. The second-order valence-electron chi connectivity index (χ2n) is 5.07. The van der Waals surface area contributed by atoms with Crippen LogP contribution in [0.3, 0.4) is 0 Å². The Morgan fingerprint density at radius 3 is 2.35 bits per heavy atom. The summed E-state index contributed by atoms with van der Waals surface area (Å²) in [5.41, 5.74) is 0.877. The van der Waals surface area contributed by atoms with E-state index in [0.29, 0.717) is 6.61 Å². The molecule has 1 atom stereocenters. The van der Waals surface area contributed by atoms with Gasteiger partial charge in [-0.3, -0.25) is 0 Å². The van der Waals surface area contributed by atoms with Crippen molar-refractivity contribution in [2.24, 2.45) is 0 Å². The van der Waals surface area contributed by atoms with E-state index < -0.39 is 6.10 Å². The average Bonchev–Trinajstić information content (AvgIpc) is 2.49. The summed E-state index contributed by atoms with van der Waals surface area (Å²) in [6.07, 6.45) is 5.21. The maximum atomic E-state index is 10.0. The Morgan fingerprint density at radius 2 is 1.70 bits per heavy atom. The van der Waals surface area contributed by atoms with Crippen LogP contribution < -0.4 is 4.74 Å². The Bertz CT molecular complexity index is 335. The van der Waals surface area contributed by atoms with Gasteiger partial charge in [0.05, 0.1) is 13.2 Å². The third-order valence-electron chi connectivity index (χ3n) is 3.16. The van der Waals surface area contributed by atoms with Gasteiger partial charge in [-0.1, -0.05) is 45.2 Å². The zero-order valence-corrected chi connectivity index (χ0v) is 12.8. The molecule has 0 saturated heterocycles.